The number of hydrogen-bond donors (Lipinski definition) is 1. The normalized spacial score (nSPS) is 10.4. The van der Waals surface area contributed by atoms with Crippen LogP contribution in [0.5, 0.6) is 0 Å². The Morgan fingerprint density at radius 1 is 1.25 bits per heavy atom. The lowest BCUT2D eigenvalue weighted by atomic mass is 10.1. The maximum atomic E-state index is 5.45. The number of halogens is 1. The quantitative estimate of drug-likeness (QED) is 0.770. The molecule has 0 aliphatic carbocycles. The number of aryl methyl sites for hydroxylation is 2. The minimum absolute atomic E-state index is 0.734. The standard InChI is InChI=1S/C15H17BrN2S2/c1-10-4-5-12(8-11(10)2)17-15(19)18(3)9-13-6-7-14(16)20-13/h4-8H,9H2,1-3H3,(H,17,19). The number of hydrogen-bond acceptors (Lipinski definition) is 2. The van der Waals surface area contributed by atoms with Crippen molar-refractivity contribution < 1.29 is 0 Å². The summed E-state index contributed by atoms with van der Waals surface area (Å²) in [6.07, 6.45) is 0. The summed E-state index contributed by atoms with van der Waals surface area (Å²) in [6.45, 7) is 5.03. The van der Waals surface area contributed by atoms with E-state index < -0.39 is 0 Å². The van der Waals surface area contributed by atoms with Crippen LogP contribution in [0, 0.1) is 13.8 Å². The van der Waals surface area contributed by atoms with Crippen LogP contribution in [-0.4, -0.2) is 17.1 Å². The minimum atomic E-state index is 0.734. The molecule has 1 N–H and O–H groups in total. The summed E-state index contributed by atoms with van der Waals surface area (Å²) in [5.74, 6) is 0. The van der Waals surface area contributed by atoms with Crippen molar-refractivity contribution >= 4 is 50.3 Å². The van der Waals surface area contributed by atoms with Crippen LogP contribution in [0.2, 0.25) is 0 Å². The van der Waals surface area contributed by atoms with E-state index >= 15 is 0 Å². The average molecular weight is 369 g/mol. The molecule has 1 heterocycles. The second-order valence-electron chi connectivity index (χ2n) is 4.79. The Balaban J connectivity index is 1.98. The number of anilines is 1. The van der Waals surface area contributed by atoms with Crippen LogP contribution in [0.1, 0.15) is 16.0 Å². The van der Waals surface area contributed by atoms with Gasteiger partial charge in [-0.05, 0) is 77.4 Å². The van der Waals surface area contributed by atoms with Gasteiger partial charge in [0.2, 0.25) is 0 Å². The zero-order valence-corrected chi connectivity index (χ0v) is 15.0. The second kappa shape index (κ2) is 6.70. The summed E-state index contributed by atoms with van der Waals surface area (Å²) in [6, 6.07) is 10.5. The summed E-state index contributed by atoms with van der Waals surface area (Å²) in [7, 11) is 2.00. The number of thiocarbonyl (C=S) groups is 1. The van der Waals surface area contributed by atoms with Crippen LogP contribution in [0.3, 0.4) is 0 Å². The van der Waals surface area contributed by atoms with Gasteiger partial charge in [0, 0.05) is 17.6 Å². The molecule has 0 saturated carbocycles. The highest BCUT2D eigenvalue weighted by Crippen LogP contribution is 2.23. The Morgan fingerprint density at radius 2 is 2.00 bits per heavy atom. The van der Waals surface area contributed by atoms with E-state index in [4.69, 9.17) is 12.2 Å². The molecule has 0 aliphatic rings. The van der Waals surface area contributed by atoms with Gasteiger partial charge in [-0.2, -0.15) is 0 Å². The van der Waals surface area contributed by atoms with E-state index in [2.05, 4.69) is 65.4 Å². The first-order valence-electron chi connectivity index (χ1n) is 6.29. The van der Waals surface area contributed by atoms with Crippen LogP contribution in [0.4, 0.5) is 5.69 Å². The fraction of sp³-hybridized carbons (Fsp3) is 0.267. The zero-order valence-electron chi connectivity index (χ0n) is 11.7. The second-order valence-corrected chi connectivity index (χ2v) is 7.73. The van der Waals surface area contributed by atoms with Crippen molar-refractivity contribution in [1.82, 2.24) is 4.90 Å². The molecule has 0 aliphatic heterocycles. The maximum absolute atomic E-state index is 5.45. The highest BCUT2D eigenvalue weighted by atomic mass is 79.9. The molecule has 1 aromatic carbocycles. The molecule has 0 bridgehead atoms. The van der Waals surface area contributed by atoms with Gasteiger partial charge in [-0.15, -0.1) is 11.3 Å². The van der Waals surface area contributed by atoms with Gasteiger partial charge in [0.15, 0.2) is 5.11 Å². The monoisotopic (exact) mass is 368 g/mol. The molecule has 0 spiro atoms. The van der Waals surface area contributed by atoms with Crippen LogP contribution < -0.4 is 5.32 Å². The minimum Gasteiger partial charge on any atom is -0.347 e. The van der Waals surface area contributed by atoms with Crippen LogP contribution in [-0.2, 0) is 6.54 Å². The van der Waals surface area contributed by atoms with Crippen molar-refractivity contribution in [3.63, 3.8) is 0 Å². The van der Waals surface area contributed by atoms with Gasteiger partial charge in [-0.3, -0.25) is 0 Å². The van der Waals surface area contributed by atoms with E-state index in [0.29, 0.717) is 0 Å². The lowest BCUT2D eigenvalue weighted by Gasteiger charge is -2.20. The predicted molar refractivity (Wildman–Crippen MR) is 95.6 cm³/mol. The fourth-order valence-corrected chi connectivity index (χ4v) is 3.50. The largest absolute Gasteiger partial charge is 0.347 e. The van der Waals surface area contributed by atoms with Gasteiger partial charge < -0.3 is 10.2 Å². The summed E-state index contributed by atoms with van der Waals surface area (Å²) in [5, 5.41) is 4.02. The molecule has 0 fully saturated rings. The average Bonchev–Trinajstić information content (AvgIpc) is 2.79. The molecule has 2 rings (SSSR count). The third-order valence-corrected chi connectivity index (χ3v) is 5.15. The Kier molecular flexibility index (Phi) is 5.18. The van der Waals surface area contributed by atoms with Crippen molar-refractivity contribution in [3.8, 4) is 0 Å². The summed E-state index contributed by atoms with van der Waals surface area (Å²) in [4.78, 5) is 3.33. The van der Waals surface area contributed by atoms with Gasteiger partial charge >= 0.3 is 0 Å². The smallest absolute Gasteiger partial charge is 0.173 e. The van der Waals surface area contributed by atoms with E-state index in [9.17, 15) is 0 Å². The fourth-order valence-electron chi connectivity index (χ4n) is 1.78. The number of nitrogens with one attached hydrogen (secondary N) is 1. The molecule has 5 heteroatoms. The highest BCUT2D eigenvalue weighted by Gasteiger charge is 2.07. The van der Waals surface area contributed by atoms with Crippen molar-refractivity contribution in [2.75, 3.05) is 12.4 Å². The predicted octanol–water partition coefficient (Wildman–Crippen LogP) is 4.96. The highest BCUT2D eigenvalue weighted by molar-refractivity contribution is 9.11. The molecule has 0 unspecified atom stereocenters. The third kappa shape index (κ3) is 4.04. The zero-order chi connectivity index (χ0) is 14.7. The lowest BCUT2D eigenvalue weighted by Crippen LogP contribution is -2.30. The number of thiophene rings is 1. The summed E-state index contributed by atoms with van der Waals surface area (Å²) >= 11 is 10.7. The first-order chi connectivity index (χ1) is 9.45. The first kappa shape index (κ1) is 15.5. The lowest BCUT2D eigenvalue weighted by molar-refractivity contribution is 0.514. The van der Waals surface area contributed by atoms with E-state index in [1.807, 2.05) is 11.9 Å². The Labute approximate surface area is 137 Å². The maximum Gasteiger partial charge on any atom is 0.173 e. The van der Waals surface area contributed by atoms with Gasteiger partial charge in [-0.1, -0.05) is 6.07 Å². The number of rotatable bonds is 3. The van der Waals surface area contributed by atoms with Crippen molar-refractivity contribution in [3.05, 3.63) is 50.1 Å². The van der Waals surface area contributed by atoms with E-state index in [1.54, 1.807) is 11.3 Å². The molecule has 0 radical (unpaired) electrons. The van der Waals surface area contributed by atoms with Crippen molar-refractivity contribution in [2.45, 2.75) is 20.4 Å². The van der Waals surface area contributed by atoms with E-state index in [-0.39, 0.29) is 0 Å². The van der Waals surface area contributed by atoms with Crippen LogP contribution in [0.15, 0.2) is 34.1 Å². The molecule has 1 aromatic heterocycles. The molecule has 106 valence electrons. The van der Waals surface area contributed by atoms with Crippen LogP contribution in [0.25, 0.3) is 0 Å². The molecule has 0 saturated heterocycles. The van der Waals surface area contributed by atoms with Crippen molar-refractivity contribution in [1.29, 1.82) is 0 Å². The van der Waals surface area contributed by atoms with Gasteiger partial charge in [0.1, 0.15) is 0 Å². The third-order valence-electron chi connectivity index (χ3n) is 3.13. The summed E-state index contributed by atoms with van der Waals surface area (Å²) in [5.41, 5.74) is 3.60. The molecular weight excluding hydrogens is 352 g/mol. The van der Waals surface area contributed by atoms with Crippen molar-refractivity contribution in [2.24, 2.45) is 0 Å². The van der Waals surface area contributed by atoms with Gasteiger partial charge in [-0.25, -0.2) is 0 Å². The Morgan fingerprint density at radius 3 is 2.60 bits per heavy atom. The molecule has 2 nitrogen and oxygen atoms in total. The van der Waals surface area contributed by atoms with Gasteiger partial charge in [0.25, 0.3) is 0 Å². The number of nitrogens with zero attached hydrogens (tertiary/aromatic N) is 1. The first-order valence-corrected chi connectivity index (χ1v) is 8.31. The summed E-state index contributed by atoms with van der Waals surface area (Å²) < 4.78 is 1.15. The van der Waals surface area contributed by atoms with E-state index in [0.717, 1.165) is 21.1 Å². The van der Waals surface area contributed by atoms with E-state index in [1.165, 1.54) is 16.0 Å². The van der Waals surface area contributed by atoms with Gasteiger partial charge in [0.05, 0.1) is 10.3 Å². The van der Waals surface area contributed by atoms with Crippen LogP contribution >= 0.6 is 39.5 Å². The molecule has 2 aromatic rings. The molecule has 0 atom stereocenters. The number of benzene rings is 1. The Bertz CT molecular complexity index is 622. The topological polar surface area (TPSA) is 15.3 Å². The molecule has 20 heavy (non-hydrogen) atoms. The SMILES string of the molecule is Cc1ccc(NC(=S)N(C)Cc2ccc(Br)s2)cc1C. The molecular formula is C15H17BrN2S2. The Hall–Kier alpha value is -0.910. The molecule has 0 amide bonds.